The molecule has 1 heterocycles. The molecule has 13 heavy (non-hydrogen) atoms. The molecule has 0 spiro atoms. The Morgan fingerprint density at radius 1 is 1.62 bits per heavy atom. The highest BCUT2D eigenvalue weighted by Gasteiger charge is 2.31. The van der Waals surface area contributed by atoms with Gasteiger partial charge in [0.05, 0.1) is 5.60 Å². The maximum atomic E-state index is 10.5. The van der Waals surface area contributed by atoms with Crippen molar-refractivity contribution < 1.29 is 14.7 Å². The summed E-state index contributed by atoms with van der Waals surface area (Å²) in [5, 5.41) is 10.8. The van der Waals surface area contributed by atoms with Crippen molar-refractivity contribution in [3.63, 3.8) is 0 Å². The van der Waals surface area contributed by atoms with Crippen LogP contribution in [0.5, 0.6) is 0 Å². The molecule has 1 aliphatic heterocycles. The Kier molecular flexibility index (Phi) is 2.76. The molecule has 0 radical (unpaired) electrons. The zero-order valence-corrected chi connectivity index (χ0v) is 8.20. The summed E-state index contributed by atoms with van der Waals surface area (Å²) < 4.78 is 0. The molecule has 1 fully saturated rings. The maximum Gasteiger partial charge on any atom is 0.153 e. The van der Waals surface area contributed by atoms with Crippen molar-refractivity contribution in [2.24, 2.45) is 0 Å². The van der Waals surface area contributed by atoms with E-state index >= 15 is 0 Å². The maximum absolute atomic E-state index is 10.5. The third-order valence-electron chi connectivity index (χ3n) is 1.68. The Labute approximate surface area is 77.7 Å². The smallest absolute Gasteiger partial charge is 0.153 e. The summed E-state index contributed by atoms with van der Waals surface area (Å²) in [7, 11) is 0. The summed E-state index contributed by atoms with van der Waals surface area (Å²) in [5.41, 5.74) is -0.151. The lowest BCUT2D eigenvalue weighted by Crippen LogP contribution is -2.32. The van der Waals surface area contributed by atoms with Gasteiger partial charge in [-0.25, -0.2) is 9.86 Å². The topological polar surface area (TPSA) is 49.8 Å². The number of hydroxylamine groups is 2. The molecular formula is C9H15NO3. The summed E-state index contributed by atoms with van der Waals surface area (Å²) >= 11 is 0. The number of aliphatic hydroxyl groups excluding tert-OH is 1. The fraction of sp³-hybridized carbons (Fsp3) is 0.778. The number of nitrogens with zero attached hydrogens (tertiary/aromatic N) is 1. The second-order valence-corrected chi connectivity index (χ2v) is 4.10. The fourth-order valence-corrected chi connectivity index (χ4v) is 1.21. The summed E-state index contributed by atoms with van der Waals surface area (Å²) in [4.78, 5) is 15.9. The first-order valence-corrected chi connectivity index (χ1v) is 4.34. The van der Waals surface area contributed by atoms with Crippen molar-refractivity contribution in [1.29, 1.82) is 0 Å². The van der Waals surface area contributed by atoms with Gasteiger partial charge in [-0.05, 0) is 27.2 Å². The number of hydrogen-bond acceptors (Lipinski definition) is 4. The molecular weight excluding hydrogens is 170 g/mol. The first-order chi connectivity index (χ1) is 5.94. The molecule has 1 aliphatic rings. The minimum atomic E-state index is -0.722. The van der Waals surface area contributed by atoms with Gasteiger partial charge in [-0.2, -0.15) is 0 Å². The highest BCUT2D eigenvalue weighted by molar-refractivity contribution is 5.53. The average molecular weight is 185 g/mol. The first kappa shape index (κ1) is 10.3. The van der Waals surface area contributed by atoms with E-state index in [0.717, 1.165) is 0 Å². The van der Waals surface area contributed by atoms with Crippen LogP contribution >= 0.6 is 0 Å². The third-order valence-corrected chi connectivity index (χ3v) is 1.68. The van der Waals surface area contributed by atoms with E-state index in [1.165, 1.54) is 5.06 Å². The molecule has 4 heteroatoms. The summed E-state index contributed by atoms with van der Waals surface area (Å²) in [6, 6.07) is 0. The molecule has 0 bridgehead atoms. The molecule has 0 aromatic carbocycles. The molecule has 0 saturated carbocycles. The molecule has 1 atom stereocenters. The van der Waals surface area contributed by atoms with Gasteiger partial charge < -0.3 is 5.11 Å². The van der Waals surface area contributed by atoms with Crippen molar-refractivity contribution in [3.8, 4) is 0 Å². The van der Waals surface area contributed by atoms with Gasteiger partial charge in [0.15, 0.2) is 11.6 Å². The van der Waals surface area contributed by atoms with Gasteiger partial charge >= 0.3 is 0 Å². The molecule has 4 nitrogen and oxygen atoms in total. The van der Waals surface area contributed by atoms with E-state index < -0.39 is 6.10 Å². The van der Waals surface area contributed by atoms with E-state index in [-0.39, 0.29) is 11.3 Å². The van der Waals surface area contributed by atoms with E-state index in [4.69, 9.17) is 4.84 Å². The predicted molar refractivity (Wildman–Crippen MR) is 47.4 cm³/mol. The van der Waals surface area contributed by atoms with Crippen LogP contribution in [0.1, 0.15) is 27.2 Å². The van der Waals surface area contributed by atoms with Crippen LogP contribution < -0.4 is 0 Å². The zero-order valence-electron chi connectivity index (χ0n) is 8.20. The Morgan fingerprint density at radius 2 is 2.23 bits per heavy atom. The van der Waals surface area contributed by atoms with Crippen molar-refractivity contribution in [1.82, 2.24) is 5.06 Å². The van der Waals surface area contributed by atoms with Crippen molar-refractivity contribution >= 4 is 5.94 Å². The zero-order chi connectivity index (χ0) is 10.1. The third kappa shape index (κ3) is 2.56. The molecule has 74 valence electrons. The molecule has 0 aromatic heterocycles. The highest BCUT2D eigenvalue weighted by atomic mass is 16.7. The van der Waals surface area contributed by atoms with Crippen LogP contribution in [0.15, 0.2) is 5.70 Å². The lowest BCUT2D eigenvalue weighted by molar-refractivity contribution is -0.198. The fourth-order valence-electron chi connectivity index (χ4n) is 1.21. The van der Waals surface area contributed by atoms with Crippen molar-refractivity contribution in [3.05, 3.63) is 5.70 Å². The summed E-state index contributed by atoms with van der Waals surface area (Å²) in [6.45, 7) is 6.21. The van der Waals surface area contributed by atoms with Gasteiger partial charge in [0, 0.05) is 6.54 Å². The molecule has 1 saturated heterocycles. The Hall–Kier alpha value is -0.830. The molecule has 1 rings (SSSR count). The number of rotatable bonds is 1. The van der Waals surface area contributed by atoms with Crippen LogP contribution in [0.3, 0.4) is 0 Å². The van der Waals surface area contributed by atoms with Crippen LogP contribution in [0, 0.1) is 0 Å². The van der Waals surface area contributed by atoms with Gasteiger partial charge in [-0.15, -0.1) is 0 Å². The Balaban J connectivity index is 2.68. The second kappa shape index (κ2) is 3.50. The Morgan fingerprint density at radius 3 is 2.69 bits per heavy atom. The van der Waals surface area contributed by atoms with Crippen molar-refractivity contribution in [2.45, 2.75) is 38.9 Å². The SMILES string of the molecule is CC(C)(C)ON1CCC(O)C1=C=O. The van der Waals surface area contributed by atoms with Crippen LogP contribution in [0.4, 0.5) is 0 Å². The van der Waals surface area contributed by atoms with Crippen LogP contribution in [0.25, 0.3) is 0 Å². The number of aliphatic hydroxyl groups is 1. The molecule has 0 aromatic rings. The second-order valence-electron chi connectivity index (χ2n) is 4.10. The standard InChI is InChI=1S/C9H15NO3/c1-9(2,3)13-10-5-4-8(12)7(10)6-11/h8,12H,4-5H2,1-3H3. The first-order valence-electron chi connectivity index (χ1n) is 4.34. The highest BCUT2D eigenvalue weighted by Crippen LogP contribution is 2.23. The van der Waals surface area contributed by atoms with Gasteiger partial charge in [0.2, 0.25) is 0 Å². The summed E-state index contributed by atoms with van der Waals surface area (Å²) in [6.07, 6.45) is -0.194. The van der Waals surface area contributed by atoms with E-state index in [1.54, 1.807) is 5.94 Å². The van der Waals surface area contributed by atoms with E-state index in [0.29, 0.717) is 13.0 Å². The van der Waals surface area contributed by atoms with E-state index in [9.17, 15) is 9.90 Å². The van der Waals surface area contributed by atoms with Gasteiger partial charge in [0.1, 0.15) is 6.10 Å². The molecule has 0 aliphatic carbocycles. The Bertz CT molecular complexity index is 238. The van der Waals surface area contributed by atoms with E-state index in [1.807, 2.05) is 20.8 Å². The van der Waals surface area contributed by atoms with Gasteiger partial charge in [-0.1, -0.05) is 0 Å². The minimum absolute atomic E-state index is 0.204. The minimum Gasteiger partial charge on any atom is -0.386 e. The summed E-state index contributed by atoms with van der Waals surface area (Å²) in [5.74, 6) is 1.70. The predicted octanol–water partition coefficient (Wildman–Crippen LogP) is 0.499. The lowest BCUT2D eigenvalue weighted by atomic mass is 10.2. The van der Waals surface area contributed by atoms with Gasteiger partial charge in [0.25, 0.3) is 0 Å². The largest absolute Gasteiger partial charge is 0.386 e. The van der Waals surface area contributed by atoms with Crippen LogP contribution in [0.2, 0.25) is 0 Å². The average Bonchev–Trinajstić information content (AvgIpc) is 2.28. The number of carbonyl (C=O) groups excluding carboxylic acids is 1. The molecule has 0 amide bonds. The molecule has 1 unspecified atom stereocenters. The number of hydrogen-bond donors (Lipinski definition) is 1. The van der Waals surface area contributed by atoms with Crippen LogP contribution in [-0.4, -0.2) is 34.4 Å². The van der Waals surface area contributed by atoms with E-state index in [2.05, 4.69) is 0 Å². The monoisotopic (exact) mass is 185 g/mol. The normalized spacial score (nSPS) is 23.5. The van der Waals surface area contributed by atoms with Crippen LogP contribution in [-0.2, 0) is 9.63 Å². The van der Waals surface area contributed by atoms with Crippen molar-refractivity contribution in [2.75, 3.05) is 6.54 Å². The lowest BCUT2D eigenvalue weighted by Gasteiger charge is -2.27. The van der Waals surface area contributed by atoms with Gasteiger partial charge in [-0.3, -0.25) is 4.84 Å². The molecule has 1 N–H and O–H groups in total. The quantitative estimate of drug-likeness (QED) is 0.604.